The lowest BCUT2D eigenvalue weighted by Crippen LogP contribution is -2.42. The topological polar surface area (TPSA) is 36.9 Å². The number of hydrogen-bond acceptors (Lipinski definition) is 4. The summed E-state index contributed by atoms with van der Waals surface area (Å²) in [5.74, 6) is 1.36. The molecule has 0 unspecified atom stereocenters. The minimum atomic E-state index is -1.45. The maximum absolute atomic E-state index is 14.2. The van der Waals surface area contributed by atoms with E-state index in [-0.39, 0.29) is 13.2 Å². The number of benzene rings is 1. The number of halogens is 1. The summed E-state index contributed by atoms with van der Waals surface area (Å²) >= 11 is 0. The Morgan fingerprint density at radius 2 is 1.59 bits per heavy atom. The van der Waals surface area contributed by atoms with Crippen molar-refractivity contribution in [2.75, 3.05) is 34.5 Å². The van der Waals surface area contributed by atoms with Gasteiger partial charge in [0.1, 0.15) is 0 Å². The molecule has 0 aliphatic carbocycles. The van der Waals surface area contributed by atoms with Gasteiger partial charge < -0.3 is 18.9 Å². The van der Waals surface area contributed by atoms with E-state index in [1.807, 2.05) is 0 Å². The first kappa shape index (κ1) is 12.0. The van der Waals surface area contributed by atoms with Gasteiger partial charge in [-0.25, -0.2) is 4.39 Å². The molecule has 94 valence electrons. The zero-order valence-electron chi connectivity index (χ0n) is 10.1. The van der Waals surface area contributed by atoms with E-state index in [4.69, 9.17) is 18.9 Å². The molecule has 17 heavy (non-hydrogen) atoms. The van der Waals surface area contributed by atoms with Crippen LogP contribution in [0.2, 0.25) is 0 Å². The summed E-state index contributed by atoms with van der Waals surface area (Å²) in [5, 5.41) is 0. The molecule has 0 saturated carbocycles. The second-order valence-corrected chi connectivity index (χ2v) is 3.87. The van der Waals surface area contributed by atoms with Crippen LogP contribution in [-0.4, -0.2) is 34.5 Å². The summed E-state index contributed by atoms with van der Waals surface area (Å²) in [6, 6.07) is 3.23. The molecule has 0 N–H and O–H groups in total. The fourth-order valence-electron chi connectivity index (χ4n) is 1.79. The Labute approximate surface area is 99.2 Å². The minimum Gasteiger partial charge on any atom is -0.493 e. The normalized spacial score (nSPS) is 17.2. The molecule has 1 heterocycles. The third-order valence-electron chi connectivity index (χ3n) is 2.84. The van der Waals surface area contributed by atoms with Gasteiger partial charge in [-0.15, -0.1) is 0 Å². The average Bonchev–Trinajstić information content (AvgIpc) is 2.33. The fraction of sp³-hybridized carbons (Fsp3) is 0.500. The van der Waals surface area contributed by atoms with Crippen LogP contribution in [-0.2, 0) is 10.4 Å². The van der Waals surface area contributed by atoms with Gasteiger partial charge in [-0.1, -0.05) is 0 Å². The lowest BCUT2D eigenvalue weighted by Gasteiger charge is -2.34. The van der Waals surface area contributed by atoms with Gasteiger partial charge in [-0.05, 0) is 12.1 Å². The van der Waals surface area contributed by atoms with Crippen molar-refractivity contribution in [3.63, 3.8) is 0 Å². The van der Waals surface area contributed by atoms with Crippen LogP contribution in [0.3, 0.4) is 0 Å². The van der Waals surface area contributed by atoms with E-state index in [0.717, 1.165) is 0 Å². The van der Waals surface area contributed by atoms with E-state index in [1.165, 1.54) is 21.3 Å². The van der Waals surface area contributed by atoms with E-state index in [1.54, 1.807) is 12.1 Å². The van der Waals surface area contributed by atoms with Crippen LogP contribution in [0, 0.1) is 0 Å². The van der Waals surface area contributed by atoms with Crippen molar-refractivity contribution in [1.29, 1.82) is 0 Å². The first-order valence-corrected chi connectivity index (χ1v) is 5.22. The Morgan fingerprint density at radius 1 is 1.06 bits per heavy atom. The van der Waals surface area contributed by atoms with Crippen LogP contribution < -0.4 is 14.2 Å². The van der Waals surface area contributed by atoms with E-state index < -0.39 is 5.67 Å². The Bertz CT molecular complexity index is 390. The second-order valence-electron chi connectivity index (χ2n) is 3.87. The molecular weight excluding hydrogens is 227 g/mol. The van der Waals surface area contributed by atoms with Crippen molar-refractivity contribution in [2.45, 2.75) is 5.67 Å². The maximum atomic E-state index is 14.2. The highest BCUT2D eigenvalue weighted by Gasteiger charge is 2.41. The van der Waals surface area contributed by atoms with Crippen LogP contribution in [0.5, 0.6) is 17.2 Å². The second kappa shape index (κ2) is 4.41. The highest BCUT2D eigenvalue weighted by atomic mass is 19.1. The summed E-state index contributed by atoms with van der Waals surface area (Å²) in [6.07, 6.45) is 0. The molecule has 2 rings (SSSR count). The number of alkyl halides is 1. The molecule has 0 bridgehead atoms. The third kappa shape index (κ3) is 1.91. The first-order valence-electron chi connectivity index (χ1n) is 5.22. The Hall–Kier alpha value is -1.49. The number of hydrogen-bond donors (Lipinski definition) is 0. The predicted octanol–water partition coefficient (Wildman–Crippen LogP) is 1.91. The van der Waals surface area contributed by atoms with Gasteiger partial charge in [-0.3, -0.25) is 0 Å². The van der Waals surface area contributed by atoms with Crippen LogP contribution in [0.1, 0.15) is 5.56 Å². The Balaban J connectivity index is 2.48. The highest BCUT2D eigenvalue weighted by Crippen LogP contribution is 2.44. The molecule has 1 aliphatic heterocycles. The summed E-state index contributed by atoms with van der Waals surface area (Å²) in [7, 11) is 4.52. The number of rotatable bonds is 4. The quantitative estimate of drug-likeness (QED) is 0.808. The van der Waals surface area contributed by atoms with Crippen molar-refractivity contribution in [3.8, 4) is 17.2 Å². The van der Waals surface area contributed by atoms with Gasteiger partial charge >= 0.3 is 0 Å². The summed E-state index contributed by atoms with van der Waals surface area (Å²) in [5.41, 5.74) is -0.967. The minimum absolute atomic E-state index is 0.0611. The lowest BCUT2D eigenvalue weighted by molar-refractivity contribution is -0.135. The Morgan fingerprint density at radius 3 is 1.88 bits per heavy atom. The molecule has 0 aromatic heterocycles. The van der Waals surface area contributed by atoms with Crippen LogP contribution in [0.25, 0.3) is 0 Å². The molecule has 1 aromatic carbocycles. The van der Waals surface area contributed by atoms with Gasteiger partial charge in [0.25, 0.3) is 0 Å². The van der Waals surface area contributed by atoms with E-state index >= 15 is 0 Å². The highest BCUT2D eigenvalue weighted by molar-refractivity contribution is 5.55. The average molecular weight is 242 g/mol. The molecular formula is C12H15FO4. The van der Waals surface area contributed by atoms with Gasteiger partial charge in [0, 0.05) is 5.56 Å². The van der Waals surface area contributed by atoms with Gasteiger partial charge in [-0.2, -0.15) is 0 Å². The van der Waals surface area contributed by atoms with Crippen molar-refractivity contribution in [1.82, 2.24) is 0 Å². The van der Waals surface area contributed by atoms with E-state index in [9.17, 15) is 4.39 Å². The lowest BCUT2D eigenvalue weighted by atomic mass is 9.93. The monoisotopic (exact) mass is 242 g/mol. The van der Waals surface area contributed by atoms with Crippen molar-refractivity contribution in [2.24, 2.45) is 0 Å². The fourth-order valence-corrected chi connectivity index (χ4v) is 1.79. The maximum Gasteiger partial charge on any atom is 0.203 e. The predicted molar refractivity (Wildman–Crippen MR) is 59.7 cm³/mol. The van der Waals surface area contributed by atoms with E-state index in [0.29, 0.717) is 22.8 Å². The Kier molecular flexibility index (Phi) is 3.11. The SMILES string of the molecule is COc1cc(C2(F)COC2)cc(OC)c1OC. The molecule has 0 amide bonds. The van der Waals surface area contributed by atoms with Crippen LogP contribution in [0.4, 0.5) is 4.39 Å². The molecule has 0 radical (unpaired) electrons. The molecule has 1 aromatic rings. The van der Waals surface area contributed by atoms with Crippen molar-refractivity contribution < 1.29 is 23.3 Å². The summed E-state index contributed by atoms with van der Waals surface area (Å²) in [4.78, 5) is 0. The zero-order valence-corrected chi connectivity index (χ0v) is 10.1. The van der Waals surface area contributed by atoms with Gasteiger partial charge in [0.15, 0.2) is 17.2 Å². The van der Waals surface area contributed by atoms with Crippen LogP contribution in [0.15, 0.2) is 12.1 Å². The molecule has 1 fully saturated rings. The zero-order chi connectivity index (χ0) is 12.5. The summed E-state index contributed by atoms with van der Waals surface area (Å²) in [6.45, 7) is 0.122. The summed E-state index contributed by atoms with van der Waals surface area (Å²) < 4.78 is 34.7. The first-order chi connectivity index (χ1) is 8.14. The van der Waals surface area contributed by atoms with Crippen LogP contribution >= 0.6 is 0 Å². The standard InChI is InChI=1S/C12H15FO4/c1-14-9-4-8(12(13)6-17-7-12)5-10(15-2)11(9)16-3/h4-5H,6-7H2,1-3H3. The largest absolute Gasteiger partial charge is 0.493 e. The molecule has 0 atom stereocenters. The molecule has 1 aliphatic rings. The third-order valence-corrected chi connectivity index (χ3v) is 2.84. The number of methoxy groups -OCH3 is 3. The van der Waals surface area contributed by atoms with Crippen molar-refractivity contribution >= 4 is 0 Å². The smallest absolute Gasteiger partial charge is 0.203 e. The van der Waals surface area contributed by atoms with E-state index in [2.05, 4.69) is 0 Å². The molecule has 5 heteroatoms. The molecule has 0 spiro atoms. The van der Waals surface area contributed by atoms with Gasteiger partial charge in [0.05, 0.1) is 34.5 Å². The van der Waals surface area contributed by atoms with Crippen molar-refractivity contribution in [3.05, 3.63) is 17.7 Å². The van der Waals surface area contributed by atoms with Gasteiger partial charge in [0.2, 0.25) is 5.75 Å². The molecule has 1 saturated heterocycles. The molecule has 4 nitrogen and oxygen atoms in total. The number of ether oxygens (including phenoxy) is 4.